The standard InChI is InChI=1S/C24H24ClN5O/c1-29(2)13-4-3-6-17-7-5-8-20(14-17)28-24-27-16-18-11-12-26-22-15-19(25)9-10-21(22)23(18)30(24)31/h5,7-10,14-16,26,31H,4,11-13H2,1-2H3. The molecular weight excluding hydrogens is 410 g/mol. The second kappa shape index (κ2) is 9.25. The number of halogens is 1. The summed E-state index contributed by atoms with van der Waals surface area (Å²) in [6.45, 7) is 1.65. The maximum absolute atomic E-state index is 11.0. The van der Waals surface area contributed by atoms with Gasteiger partial charge in [0.05, 0.1) is 11.4 Å². The molecule has 6 nitrogen and oxygen atoms in total. The molecule has 0 radical (unpaired) electrons. The third kappa shape index (κ3) is 4.91. The molecule has 0 aliphatic carbocycles. The van der Waals surface area contributed by atoms with E-state index in [1.54, 1.807) is 6.20 Å². The van der Waals surface area contributed by atoms with Gasteiger partial charge in [-0.3, -0.25) is 0 Å². The zero-order chi connectivity index (χ0) is 21.8. The Morgan fingerprint density at radius 2 is 2.13 bits per heavy atom. The van der Waals surface area contributed by atoms with Gasteiger partial charge in [0.25, 0.3) is 5.62 Å². The van der Waals surface area contributed by atoms with Gasteiger partial charge >= 0.3 is 0 Å². The molecule has 0 fully saturated rings. The Morgan fingerprint density at radius 1 is 1.26 bits per heavy atom. The minimum Gasteiger partial charge on any atom is -0.425 e. The number of benzene rings is 2. The zero-order valence-corrected chi connectivity index (χ0v) is 18.3. The average molecular weight is 434 g/mol. The second-order valence-electron chi connectivity index (χ2n) is 7.63. The molecule has 1 aliphatic rings. The fraction of sp³-hybridized carbons (Fsp3) is 0.250. The zero-order valence-electron chi connectivity index (χ0n) is 17.6. The molecule has 7 heteroatoms. The molecule has 0 saturated heterocycles. The highest BCUT2D eigenvalue weighted by atomic mass is 35.5. The van der Waals surface area contributed by atoms with E-state index in [2.05, 4.69) is 32.0 Å². The molecule has 2 aromatic carbocycles. The first kappa shape index (κ1) is 21.0. The van der Waals surface area contributed by atoms with Crippen LogP contribution in [-0.4, -0.2) is 47.0 Å². The van der Waals surface area contributed by atoms with Crippen molar-refractivity contribution in [1.29, 1.82) is 0 Å². The fourth-order valence-corrected chi connectivity index (χ4v) is 3.62. The van der Waals surface area contributed by atoms with Crippen molar-refractivity contribution in [3.05, 3.63) is 70.4 Å². The Morgan fingerprint density at radius 3 is 2.97 bits per heavy atom. The Hall–Kier alpha value is -3.27. The normalized spacial score (nSPS) is 13.0. The van der Waals surface area contributed by atoms with Crippen LogP contribution in [0.5, 0.6) is 0 Å². The number of nitrogens with one attached hydrogen (secondary N) is 1. The van der Waals surface area contributed by atoms with E-state index in [-0.39, 0.29) is 5.62 Å². The smallest absolute Gasteiger partial charge is 0.264 e. The van der Waals surface area contributed by atoms with E-state index in [1.165, 1.54) is 0 Å². The van der Waals surface area contributed by atoms with Gasteiger partial charge in [0.2, 0.25) is 0 Å². The second-order valence-corrected chi connectivity index (χ2v) is 8.06. The van der Waals surface area contributed by atoms with Crippen molar-refractivity contribution in [3.8, 4) is 23.1 Å². The van der Waals surface area contributed by atoms with Gasteiger partial charge in [-0.15, -0.1) is 4.73 Å². The van der Waals surface area contributed by atoms with Crippen LogP contribution in [0.1, 0.15) is 17.5 Å². The van der Waals surface area contributed by atoms with Crippen LogP contribution in [0.25, 0.3) is 11.3 Å². The maximum Gasteiger partial charge on any atom is 0.264 e. The Bertz CT molecular complexity index is 1240. The van der Waals surface area contributed by atoms with Crippen LogP contribution in [0, 0.1) is 11.8 Å². The van der Waals surface area contributed by atoms with Crippen LogP contribution in [-0.2, 0) is 6.42 Å². The summed E-state index contributed by atoms with van der Waals surface area (Å²) in [5, 5.41) is 15.0. The number of fused-ring (bicyclic) bond motifs is 3. The van der Waals surface area contributed by atoms with Gasteiger partial charge < -0.3 is 15.4 Å². The van der Waals surface area contributed by atoms with Crippen LogP contribution in [0.4, 0.5) is 11.4 Å². The van der Waals surface area contributed by atoms with Crippen molar-refractivity contribution in [1.82, 2.24) is 14.6 Å². The number of anilines is 1. The van der Waals surface area contributed by atoms with Crippen LogP contribution in [0.2, 0.25) is 5.02 Å². The lowest BCUT2D eigenvalue weighted by Crippen LogP contribution is -2.25. The monoisotopic (exact) mass is 433 g/mol. The predicted molar refractivity (Wildman–Crippen MR) is 124 cm³/mol. The minimum absolute atomic E-state index is 0.208. The summed E-state index contributed by atoms with van der Waals surface area (Å²) in [4.78, 5) is 11.1. The summed E-state index contributed by atoms with van der Waals surface area (Å²) in [6.07, 6.45) is 3.31. The van der Waals surface area contributed by atoms with Crippen molar-refractivity contribution in [3.63, 3.8) is 0 Å². The molecule has 0 bridgehead atoms. The third-order valence-electron chi connectivity index (χ3n) is 4.98. The number of hydrogen-bond acceptors (Lipinski definition) is 5. The minimum atomic E-state index is 0.208. The molecule has 0 spiro atoms. The maximum atomic E-state index is 11.0. The number of hydrogen-bond donors (Lipinski definition) is 2. The largest absolute Gasteiger partial charge is 0.425 e. The summed E-state index contributed by atoms with van der Waals surface area (Å²) >= 11 is 6.16. The molecule has 158 valence electrons. The topological polar surface area (TPSA) is 65.7 Å². The molecule has 1 aromatic heterocycles. The quantitative estimate of drug-likeness (QED) is 0.485. The van der Waals surface area contributed by atoms with E-state index >= 15 is 0 Å². The molecule has 2 heterocycles. The van der Waals surface area contributed by atoms with E-state index < -0.39 is 0 Å². The van der Waals surface area contributed by atoms with Crippen LogP contribution in [0.15, 0.2) is 53.7 Å². The molecule has 31 heavy (non-hydrogen) atoms. The van der Waals surface area contributed by atoms with Crippen molar-refractivity contribution in [2.75, 3.05) is 32.5 Å². The van der Waals surface area contributed by atoms with Gasteiger partial charge in [-0.2, -0.15) is 0 Å². The summed E-state index contributed by atoms with van der Waals surface area (Å²) < 4.78 is 1.06. The molecule has 0 saturated carbocycles. The van der Waals surface area contributed by atoms with Gasteiger partial charge in [0.1, 0.15) is 0 Å². The first-order chi connectivity index (χ1) is 15.0. The number of aromatic nitrogens is 2. The van der Waals surface area contributed by atoms with E-state index in [4.69, 9.17) is 11.6 Å². The van der Waals surface area contributed by atoms with E-state index in [1.807, 2.05) is 56.6 Å². The summed E-state index contributed by atoms with van der Waals surface area (Å²) in [7, 11) is 4.06. The lowest BCUT2D eigenvalue weighted by atomic mass is 10.1. The van der Waals surface area contributed by atoms with Gasteiger partial charge in [-0.1, -0.05) is 29.5 Å². The molecule has 3 aromatic rings. The van der Waals surface area contributed by atoms with Crippen LogP contribution < -0.4 is 10.9 Å². The molecule has 0 unspecified atom stereocenters. The number of nitrogens with zero attached hydrogens (tertiary/aromatic N) is 4. The van der Waals surface area contributed by atoms with Crippen LogP contribution >= 0.6 is 11.6 Å². The first-order valence-corrected chi connectivity index (χ1v) is 10.5. The highest BCUT2D eigenvalue weighted by molar-refractivity contribution is 6.31. The molecule has 1 aliphatic heterocycles. The van der Waals surface area contributed by atoms with E-state index in [9.17, 15) is 5.21 Å². The Labute approximate surface area is 186 Å². The third-order valence-corrected chi connectivity index (χ3v) is 5.21. The predicted octanol–water partition coefficient (Wildman–Crippen LogP) is 3.94. The van der Waals surface area contributed by atoms with Gasteiger partial charge in [-0.25, -0.2) is 9.98 Å². The first-order valence-electron chi connectivity index (χ1n) is 10.1. The molecule has 0 amide bonds. The van der Waals surface area contributed by atoms with Gasteiger partial charge in [-0.05, 0) is 56.9 Å². The lowest BCUT2D eigenvalue weighted by molar-refractivity contribution is 0.171. The average Bonchev–Trinajstić information content (AvgIpc) is 2.92. The van der Waals surface area contributed by atoms with Gasteiger partial charge in [0, 0.05) is 53.1 Å². The summed E-state index contributed by atoms with van der Waals surface area (Å²) in [6, 6.07) is 13.2. The molecule has 0 atom stereocenters. The summed E-state index contributed by atoms with van der Waals surface area (Å²) in [5.74, 6) is 6.35. The van der Waals surface area contributed by atoms with Crippen molar-refractivity contribution >= 4 is 23.0 Å². The van der Waals surface area contributed by atoms with Crippen molar-refractivity contribution in [2.45, 2.75) is 12.8 Å². The van der Waals surface area contributed by atoms with Crippen molar-refractivity contribution < 1.29 is 5.21 Å². The van der Waals surface area contributed by atoms with Crippen molar-refractivity contribution in [2.24, 2.45) is 4.99 Å². The van der Waals surface area contributed by atoms with Gasteiger partial charge in [0.15, 0.2) is 0 Å². The SMILES string of the molecule is CN(C)CCC#Cc1cccc(N=c2ncc3c(n2O)-c2ccc(Cl)cc2NCC3)c1. The highest BCUT2D eigenvalue weighted by Crippen LogP contribution is 2.34. The Kier molecular flexibility index (Phi) is 6.26. The molecule has 4 rings (SSSR count). The highest BCUT2D eigenvalue weighted by Gasteiger charge is 2.19. The lowest BCUT2D eigenvalue weighted by Gasteiger charge is -2.12. The number of rotatable bonds is 3. The van der Waals surface area contributed by atoms with E-state index in [0.29, 0.717) is 16.4 Å². The Balaban J connectivity index is 1.73. The summed E-state index contributed by atoms with van der Waals surface area (Å²) in [5.41, 5.74) is 5.11. The molecular formula is C24H24ClN5O. The fourth-order valence-electron chi connectivity index (χ4n) is 3.45. The molecule has 2 N–H and O–H groups in total. The van der Waals surface area contributed by atoms with Crippen LogP contribution in [0.3, 0.4) is 0 Å². The van der Waals surface area contributed by atoms with E-state index in [0.717, 1.165) is 53.0 Å².